The molecule has 6 heteroatoms. The lowest BCUT2D eigenvalue weighted by Gasteiger charge is -2.22. The summed E-state index contributed by atoms with van der Waals surface area (Å²) in [5, 5.41) is 2.09. The largest absolute Gasteiger partial charge is 0.329 e. The molecule has 0 atom stereocenters. The Morgan fingerprint density at radius 1 is 1.43 bits per heavy atom. The Hall–Kier alpha value is -2.21. The third kappa shape index (κ3) is 2.53. The number of rotatable bonds is 4. The highest BCUT2D eigenvalue weighted by molar-refractivity contribution is 7.10. The minimum absolute atomic E-state index is 0.0540. The van der Waals surface area contributed by atoms with Crippen molar-refractivity contribution >= 4 is 23.0 Å². The summed E-state index contributed by atoms with van der Waals surface area (Å²) < 4.78 is 1.80. The highest BCUT2D eigenvalue weighted by atomic mass is 32.1. The second-order valence-electron chi connectivity index (χ2n) is 6.03. The van der Waals surface area contributed by atoms with Gasteiger partial charge in [-0.1, -0.05) is 0 Å². The van der Waals surface area contributed by atoms with Crippen LogP contribution in [-0.4, -0.2) is 31.2 Å². The van der Waals surface area contributed by atoms with E-state index in [0.29, 0.717) is 24.1 Å². The van der Waals surface area contributed by atoms with Gasteiger partial charge in [0, 0.05) is 23.3 Å². The summed E-state index contributed by atoms with van der Waals surface area (Å²) in [7, 11) is 0. The molecular formula is C17H18N4OS. The number of hydrogen-bond donors (Lipinski definition) is 0. The fraction of sp³-hybridized carbons (Fsp3) is 0.353. The molecular weight excluding hydrogens is 308 g/mol. The smallest absolute Gasteiger partial charge is 0.273 e. The zero-order chi connectivity index (χ0) is 16.0. The molecule has 3 aromatic rings. The third-order valence-electron chi connectivity index (χ3n) is 4.31. The number of aromatic nitrogens is 3. The predicted octanol–water partition coefficient (Wildman–Crippen LogP) is 3.21. The molecule has 0 radical (unpaired) electrons. The first kappa shape index (κ1) is 14.4. The van der Waals surface area contributed by atoms with E-state index in [9.17, 15) is 4.79 Å². The van der Waals surface area contributed by atoms with Crippen LogP contribution in [-0.2, 0) is 6.54 Å². The summed E-state index contributed by atoms with van der Waals surface area (Å²) in [5.41, 5.74) is 2.63. The molecule has 0 unspecified atom stereocenters. The fourth-order valence-corrected chi connectivity index (χ4v) is 3.77. The van der Waals surface area contributed by atoms with E-state index in [1.165, 1.54) is 10.4 Å². The van der Waals surface area contributed by atoms with Gasteiger partial charge in [-0.2, -0.15) is 0 Å². The minimum atomic E-state index is 0.0540. The number of hydrogen-bond acceptors (Lipinski definition) is 4. The first-order valence-corrected chi connectivity index (χ1v) is 8.66. The molecule has 23 heavy (non-hydrogen) atoms. The van der Waals surface area contributed by atoms with Crippen molar-refractivity contribution < 1.29 is 4.79 Å². The molecule has 1 saturated carbocycles. The van der Waals surface area contributed by atoms with Gasteiger partial charge >= 0.3 is 0 Å². The molecule has 4 rings (SSSR count). The van der Waals surface area contributed by atoms with Crippen LogP contribution in [0.2, 0.25) is 0 Å². The molecule has 3 aromatic heterocycles. The Labute approximate surface area is 138 Å². The van der Waals surface area contributed by atoms with E-state index in [1.54, 1.807) is 21.9 Å². The first-order chi connectivity index (χ1) is 11.1. The van der Waals surface area contributed by atoms with Gasteiger partial charge in [0.05, 0.1) is 12.2 Å². The quantitative estimate of drug-likeness (QED) is 0.740. The summed E-state index contributed by atoms with van der Waals surface area (Å²) >= 11 is 1.72. The van der Waals surface area contributed by atoms with Crippen molar-refractivity contribution in [2.24, 2.45) is 0 Å². The maximum Gasteiger partial charge on any atom is 0.273 e. The van der Waals surface area contributed by atoms with Crippen molar-refractivity contribution in [1.82, 2.24) is 19.3 Å². The summed E-state index contributed by atoms with van der Waals surface area (Å²) in [6.07, 6.45) is 5.73. The van der Waals surface area contributed by atoms with Crippen molar-refractivity contribution in [3.63, 3.8) is 0 Å². The van der Waals surface area contributed by atoms with E-state index < -0.39 is 0 Å². The van der Waals surface area contributed by atoms with Gasteiger partial charge in [-0.05, 0) is 49.8 Å². The maximum absolute atomic E-state index is 13.2. The van der Waals surface area contributed by atoms with Crippen LogP contribution >= 0.6 is 11.3 Å². The Balaban J connectivity index is 1.72. The van der Waals surface area contributed by atoms with Crippen LogP contribution in [0.1, 0.15) is 39.5 Å². The lowest BCUT2D eigenvalue weighted by molar-refractivity contribution is 0.0723. The first-order valence-electron chi connectivity index (χ1n) is 7.79. The standard InChI is InChI=1S/C17H18N4OS/c1-11-6-9-23-14(11)10-21(13-4-5-13)16(22)15-12(2)19-17-18-7-3-8-20(15)17/h3,6-9,13H,4-5,10H2,1-2H3. The number of aryl methyl sites for hydroxylation is 2. The molecule has 0 aromatic carbocycles. The van der Waals surface area contributed by atoms with Crippen LogP contribution in [0, 0.1) is 13.8 Å². The van der Waals surface area contributed by atoms with Gasteiger partial charge in [0.1, 0.15) is 5.69 Å². The molecule has 0 N–H and O–H groups in total. The SMILES string of the molecule is Cc1ccsc1CN(C(=O)c1c(C)nc2ncccn12)C1CC1. The van der Waals surface area contributed by atoms with Crippen molar-refractivity contribution in [1.29, 1.82) is 0 Å². The number of carbonyl (C=O) groups is 1. The van der Waals surface area contributed by atoms with Crippen LogP contribution < -0.4 is 0 Å². The van der Waals surface area contributed by atoms with Gasteiger partial charge in [0.25, 0.3) is 5.91 Å². The number of nitrogens with zero attached hydrogens (tertiary/aromatic N) is 4. The lowest BCUT2D eigenvalue weighted by Crippen LogP contribution is -2.33. The molecule has 1 fully saturated rings. The fourth-order valence-electron chi connectivity index (χ4n) is 2.87. The van der Waals surface area contributed by atoms with E-state index in [2.05, 4.69) is 28.3 Å². The number of amides is 1. The molecule has 0 aliphatic heterocycles. The molecule has 3 heterocycles. The van der Waals surface area contributed by atoms with Crippen LogP contribution in [0.15, 0.2) is 29.9 Å². The third-order valence-corrected chi connectivity index (χ3v) is 5.32. The van der Waals surface area contributed by atoms with Crippen LogP contribution in [0.4, 0.5) is 0 Å². The molecule has 1 aliphatic rings. The monoisotopic (exact) mass is 326 g/mol. The van der Waals surface area contributed by atoms with E-state index in [-0.39, 0.29) is 5.91 Å². The second kappa shape index (κ2) is 5.45. The molecule has 5 nitrogen and oxygen atoms in total. The van der Waals surface area contributed by atoms with Crippen molar-refractivity contribution in [3.05, 3.63) is 51.7 Å². The van der Waals surface area contributed by atoms with Crippen molar-refractivity contribution in [3.8, 4) is 0 Å². The Morgan fingerprint density at radius 2 is 2.26 bits per heavy atom. The van der Waals surface area contributed by atoms with Gasteiger partial charge in [0.2, 0.25) is 5.78 Å². The van der Waals surface area contributed by atoms with Gasteiger partial charge in [-0.15, -0.1) is 11.3 Å². The molecule has 1 aliphatic carbocycles. The lowest BCUT2D eigenvalue weighted by atomic mass is 10.2. The maximum atomic E-state index is 13.2. The van der Waals surface area contributed by atoms with E-state index in [0.717, 1.165) is 18.5 Å². The van der Waals surface area contributed by atoms with E-state index >= 15 is 0 Å². The summed E-state index contributed by atoms with van der Waals surface area (Å²) in [5.74, 6) is 0.634. The Bertz CT molecular complexity index is 878. The molecule has 0 saturated heterocycles. The zero-order valence-electron chi connectivity index (χ0n) is 13.2. The number of carbonyl (C=O) groups excluding carboxylic acids is 1. The van der Waals surface area contributed by atoms with Crippen molar-refractivity contribution in [2.45, 2.75) is 39.3 Å². The molecule has 118 valence electrons. The summed E-state index contributed by atoms with van der Waals surface area (Å²) in [4.78, 5) is 25.1. The Morgan fingerprint density at radius 3 is 2.96 bits per heavy atom. The highest BCUT2D eigenvalue weighted by Crippen LogP contribution is 2.32. The van der Waals surface area contributed by atoms with Crippen LogP contribution in [0.25, 0.3) is 5.78 Å². The number of fused-ring (bicyclic) bond motifs is 1. The van der Waals surface area contributed by atoms with Crippen molar-refractivity contribution in [2.75, 3.05) is 0 Å². The van der Waals surface area contributed by atoms with Gasteiger partial charge in [0.15, 0.2) is 0 Å². The van der Waals surface area contributed by atoms with Gasteiger partial charge in [-0.25, -0.2) is 9.97 Å². The van der Waals surface area contributed by atoms with Crippen LogP contribution in [0.5, 0.6) is 0 Å². The van der Waals surface area contributed by atoms with E-state index in [1.807, 2.05) is 24.1 Å². The average molecular weight is 326 g/mol. The topological polar surface area (TPSA) is 50.5 Å². The number of thiophene rings is 1. The van der Waals surface area contributed by atoms with Crippen LogP contribution in [0.3, 0.4) is 0 Å². The molecule has 1 amide bonds. The summed E-state index contributed by atoms with van der Waals surface area (Å²) in [6.45, 7) is 4.66. The molecule has 0 spiro atoms. The number of imidazole rings is 1. The molecule has 0 bridgehead atoms. The summed E-state index contributed by atoms with van der Waals surface area (Å²) in [6, 6.07) is 4.29. The average Bonchev–Trinajstić information content (AvgIpc) is 3.21. The van der Waals surface area contributed by atoms with Gasteiger partial charge in [-0.3, -0.25) is 9.20 Å². The van der Waals surface area contributed by atoms with Gasteiger partial charge < -0.3 is 4.90 Å². The second-order valence-corrected chi connectivity index (χ2v) is 7.03. The normalized spacial score (nSPS) is 14.3. The van der Waals surface area contributed by atoms with E-state index in [4.69, 9.17) is 0 Å². The highest BCUT2D eigenvalue weighted by Gasteiger charge is 2.35. The predicted molar refractivity (Wildman–Crippen MR) is 89.7 cm³/mol. The zero-order valence-corrected chi connectivity index (χ0v) is 14.0. The minimum Gasteiger partial charge on any atom is -0.329 e. The Kier molecular flexibility index (Phi) is 3.41.